The molecule has 1 aromatic rings. The molecule has 0 spiro atoms. The van der Waals surface area contributed by atoms with Gasteiger partial charge in [-0.25, -0.2) is 0 Å². The molecule has 1 saturated heterocycles. The number of aliphatic hydroxyl groups is 1. The molecule has 0 bridgehead atoms. The zero-order chi connectivity index (χ0) is 19.1. The van der Waals surface area contributed by atoms with Gasteiger partial charge < -0.3 is 14.3 Å². The Balaban J connectivity index is 1.81. The predicted molar refractivity (Wildman–Crippen MR) is 113 cm³/mol. The van der Waals surface area contributed by atoms with E-state index < -0.39 is 14.2 Å². The summed E-state index contributed by atoms with van der Waals surface area (Å²) < 4.78 is 12.2. The summed E-state index contributed by atoms with van der Waals surface area (Å²) in [5.41, 5.74) is 2.79. The van der Waals surface area contributed by atoms with Crippen LogP contribution in [0.15, 0.2) is 17.1 Å². The molecule has 2 heterocycles. The standard InChI is InChI=1S/C21H33BrO3Si/c1-6-18(19(23)20-16(24-20)8-7-11-22)26(4,5)21-14(3)15-10-9-13(2)12-17(15)25-21/h6,13,16,18-20,23H,1,7-12H2,2-5H3/t13?,16-,18-,19-,20+/m1/s1. The molecule has 1 aliphatic carbocycles. The molecule has 146 valence electrons. The van der Waals surface area contributed by atoms with Crippen molar-refractivity contribution in [3.05, 3.63) is 29.5 Å². The minimum Gasteiger partial charge on any atom is -0.471 e. The fraction of sp³-hybridized carbons (Fsp3) is 0.714. The van der Waals surface area contributed by atoms with Crippen molar-refractivity contribution in [2.45, 2.75) is 82.9 Å². The fourth-order valence-electron chi connectivity index (χ4n) is 4.71. The molecule has 0 radical (unpaired) electrons. The highest BCUT2D eigenvalue weighted by molar-refractivity contribution is 9.09. The second-order valence-corrected chi connectivity index (χ2v) is 14.1. The van der Waals surface area contributed by atoms with Crippen molar-refractivity contribution in [3.63, 3.8) is 0 Å². The van der Waals surface area contributed by atoms with Crippen LogP contribution in [0.3, 0.4) is 0 Å². The van der Waals surface area contributed by atoms with Crippen molar-refractivity contribution in [1.82, 2.24) is 0 Å². The van der Waals surface area contributed by atoms with E-state index in [2.05, 4.69) is 49.5 Å². The number of furan rings is 1. The Bertz CT molecular complexity index is 654. The van der Waals surface area contributed by atoms with Crippen LogP contribution in [0, 0.1) is 12.8 Å². The molecule has 0 amide bonds. The van der Waals surface area contributed by atoms with Crippen LogP contribution in [-0.4, -0.2) is 36.8 Å². The van der Waals surface area contributed by atoms with E-state index >= 15 is 0 Å². The molecule has 0 saturated carbocycles. The number of rotatable bonds is 8. The Labute approximate surface area is 167 Å². The summed E-state index contributed by atoms with van der Waals surface area (Å²) in [4.78, 5) is 0. The third kappa shape index (κ3) is 3.78. The maximum atomic E-state index is 11.0. The van der Waals surface area contributed by atoms with Crippen LogP contribution in [-0.2, 0) is 17.6 Å². The van der Waals surface area contributed by atoms with Crippen molar-refractivity contribution >= 4 is 29.4 Å². The summed E-state index contributed by atoms with van der Waals surface area (Å²) in [6.45, 7) is 13.2. The molecule has 5 atom stereocenters. The lowest BCUT2D eigenvalue weighted by Gasteiger charge is -2.32. The maximum absolute atomic E-state index is 11.0. The maximum Gasteiger partial charge on any atom is 0.136 e. The third-order valence-corrected chi connectivity index (χ3v) is 10.8. The average Bonchev–Trinajstić information content (AvgIpc) is 3.29. The van der Waals surface area contributed by atoms with E-state index in [9.17, 15) is 5.11 Å². The molecule has 1 aromatic heterocycles. The van der Waals surface area contributed by atoms with Crippen molar-refractivity contribution in [2.75, 3.05) is 5.33 Å². The molecule has 1 N–H and O–H groups in total. The first-order valence-corrected chi connectivity index (χ1v) is 14.1. The van der Waals surface area contributed by atoms with E-state index in [1.807, 2.05) is 6.08 Å². The average molecular weight is 441 g/mol. The van der Waals surface area contributed by atoms with Gasteiger partial charge in [-0.2, -0.15) is 0 Å². The van der Waals surface area contributed by atoms with Crippen LogP contribution in [0.1, 0.15) is 43.1 Å². The second-order valence-electron chi connectivity index (χ2n) is 8.75. The SMILES string of the molecule is C=C[C@H]([C@@H](O)[C@H]1O[C@@H]1CCCBr)[Si](C)(C)c1oc2c(c1C)CCC(C)C2. The van der Waals surface area contributed by atoms with Crippen LogP contribution < -0.4 is 5.38 Å². The summed E-state index contributed by atoms with van der Waals surface area (Å²) in [6, 6.07) is 0. The number of fused-ring (bicyclic) bond motifs is 1. The van der Waals surface area contributed by atoms with Gasteiger partial charge in [0.25, 0.3) is 0 Å². The lowest BCUT2D eigenvalue weighted by Crippen LogP contribution is -2.51. The minimum absolute atomic E-state index is 0.0326. The van der Waals surface area contributed by atoms with Crippen molar-refractivity contribution in [1.29, 1.82) is 0 Å². The van der Waals surface area contributed by atoms with E-state index in [1.165, 1.54) is 23.3 Å². The van der Waals surface area contributed by atoms with Crippen LogP contribution in [0.25, 0.3) is 0 Å². The van der Waals surface area contributed by atoms with Crippen molar-refractivity contribution < 1.29 is 14.3 Å². The molecular weight excluding hydrogens is 408 g/mol. The first-order valence-electron chi connectivity index (χ1n) is 9.94. The molecule has 1 fully saturated rings. The number of ether oxygens (including phenoxy) is 1. The van der Waals surface area contributed by atoms with Gasteiger partial charge in [0.2, 0.25) is 0 Å². The van der Waals surface area contributed by atoms with Gasteiger partial charge in [-0.3, -0.25) is 0 Å². The van der Waals surface area contributed by atoms with Crippen molar-refractivity contribution in [3.8, 4) is 0 Å². The van der Waals surface area contributed by atoms with E-state index in [4.69, 9.17) is 9.15 Å². The van der Waals surface area contributed by atoms with Crippen LogP contribution in [0.4, 0.5) is 0 Å². The molecule has 2 aliphatic rings. The first kappa shape index (κ1) is 20.4. The Morgan fingerprint density at radius 2 is 2.15 bits per heavy atom. The first-order chi connectivity index (χ1) is 12.3. The number of halogens is 1. The molecule has 1 aliphatic heterocycles. The Morgan fingerprint density at radius 3 is 2.81 bits per heavy atom. The normalized spacial score (nSPS) is 27.7. The van der Waals surface area contributed by atoms with Crippen molar-refractivity contribution in [2.24, 2.45) is 5.92 Å². The summed E-state index contributed by atoms with van der Waals surface area (Å²) in [5, 5.41) is 13.2. The van der Waals surface area contributed by atoms with E-state index in [1.54, 1.807) is 0 Å². The van der Waals surface area contributed by atoms with Crippen LogP contribution >= 0.6 is 15.9 Å². The quantitative estimate of drug-likeness (QED) is 0.280. The highest BCUT2D eigenvalue weighted by Gasteiger charge is 2.51. The number of aliphatic hydroxyl groups excluding tert-OH is 1. The van der Waals surface area contributed by atoms with Gasteiger partial charge in [-0.15, -0.1) is 6.58 Å². The fourth-order valence-corrected chi connectivity index (χ4v) is 8.47. The number of alkyl halides is 1. The molecule has 5 heteroatoms. The topological polar surface area (TPSA) is 45.9 Å². The smallest absolute Gasteiger partial charge is 0.136 e. The Kier molecular flexibility index (Phi) is 6.22. The van der Waals surface area contributed by atoms with Gasteiger partial charge in [-0.05, 0) is 49.7 Å². The minimum atomic E-state index is -2.06. The van der Waals surface area contributed by atoms with Crippen LogP contribution in [0.5, 0.6) is 0 Å². The molecule has 3 nitrogen and oxygen atoms in total. The second kappa shape index (κ2) is 7.94. The predicted octanol–water partition coefficient (Wildman–Crippen LogP) is 4.49. The molecule has 0 aromatic carbocycles. The van der Waals surface area contributed by atoms with E-state index in [0.717, 1.165) is 36.4 Å². The zero-order valence-corrected chi connectivity index (χ0v) is 19.1. The number of hydrogen-bond donors (Lipinski definition) is 1. The van der Waals surface area contributed by atoms with Gasteiger partial charge >= 0.3 is 0 Å². The Morgan fingerprint density at radius 1 is 1.42 bits per heavy atom. The number of hydrogen-bond acceptors (Lipinski definition) is 3. The van der Waals surface area contributed by atoms with Crippen LogP contribution in [0.2, 0.25) is 18.6 Å². The van der Waals surface area contributed by atoms with E-state index in [-0.39, 0.29) is 17.7 Å². The number of epoxide rings is 1. The van der Waals surface area contributed by atoms with Gasteiger partial charge in [0.15, 0.2) is 0 Å². The largest absolute Gasteiger partial charge is 0.471 e. The lowest BCUT2D eigenvalue weighted by atomic mass is 9.88. The van der Waals surface area contributed by atoms with Gasteiger partial charge in [-0.1, -0.05) is 42.0 Å². The highest BCUT2D eigenvalue weighted by Crippen LogP contribution is 2.40. The molecule has 1 unspecified atom stereocenters. The Hall–Kier alpha value is -0.363. The van der Waals surface area contributed by atoms with Gasteiger partial charge in [0.05, 0.1) is 17.6 Å². The van der Waals surface area contributed by atoms with E-state index in [0.29, 0.717) is 5.92 Å². The summed E-state index contributed by atoms with van der Waals surface area (Å²) in [6.07, 6.45) is 7.10. The summed E-state index contributed by atoms with van der Waals surface area (Å²) in [7, 11) is -2.06. The summed E-state index contributed by atoms with van der Waals surface area (Å²) >= 11 is 3.47. The third-order valence-electron chi connectivity index (χ3n) is 6.40. The van der Waals surface area contributed by atoms with Gasteiger partial charge in [0.1, 0.15) is 19.9 Å². The highest BCUT2D eigenvalue weighted by atomic mass is 79.9. The molecular formula is C21H33BrO3Si. The monoisotopic (exact) mass is 440 g/mol. The molecule has 26 heavy (non-hydrogen) atoms. The molecule has 3 rings (SSSR count). The van der Waals surface area contributed by atoms with Gasteiger partial charge in [0, 0.05) is 17.3 Å². The zero-order valence-electron chi connectivity index (χ0n) is 16.6. The summed E-state index contributed by atoms with van der Waals surface area (Å²) in [5.74, 6) is 1.88. The lowest BCUT2D eigenvalue weighted by molar-refractivity contribution is 0.136.